The molecule has 1 aromatic rings. The van der Waals surface area contributed by atoms with Crippen LogP contribution in [0.4, 0.5) is 0 Å². The molecule has 0 unspecified atom stereocenters. The van der Waals surface area contributed by atoms with E-state index in [0.29, 0.717) is 10.8 Å². The van der Waals surface area contributed by atoms with E-state index in [-0.39, 0.29) is 0 Å². The summed E-state index contributed by atoms with van der Waals surface area (Å²) in [6, 6.07) is 3.53. The molecule has 0 aliphatic heterocycles. The third-order valence-corrected chi connectivity index (χ3v) is 2.05. The van der Waals surface area contributed by atoms with Crippen LogP contribution < -0.4 is 16.2 Å². The molecule has 1 rings (SSSR count). The van der Waals surface area contributed by atoms with E-state index in [1.807, 2.05) is 13.0 Å². The van der Waals surface area contributed by atoms with Crippen LogP contribution in [0.15, 0.2) is 12.1 Å². The third kappa shape index (κ3) is 2.12. The Hall–Kier alpha value is -0.770. The summed E-state index contributed by atoms with van der Waals surface area (Å²) < 4.78 is 5.17. The molecule has 0 radical (unpaired) electrons. The number of rotatable bonds is 2. The van der Waals surface area contributed by atoms with Crippen LogP contribution in [-0.2, 0) is 0 Å². The molecule has 4 heteroatoms. The predicted molar refractivity (Wildman–Crippen MR) is 53.9 cm³/mol. The smallest absolute Gasteiger partial charge is 0.127 e. The Morgan fingerprint density at radius 2 is 2.00 bits per heavy atom. The first-order valence-electron chi connectivity index (χ1n) is 3.91. The van der Waals surface area contributed by atoms with Crippen LogP contribution >= 0.6 is 11.6 Å². The summed E-state index contributed by atoms with van der Waals surface area (Å²) in [7, 11) is 1.59. The lowest BCUT2D eigenvalue weighted by Crippen LogP contribution is -2.21. The van der Waals surface area contributed by atoms with Crippen LogP contribution in [0, 0.1) is 6.92 Å². The minimum atomic E-state index is -0.563. The minimum Gasteiger partial charge on any atom is -0.496 e. The number of benzene rings is 1. The summed E-state index contributed by atoms with van der Waals surface area (Å²) in [6.45, 7) is 1.90. The van der Waals surface area contributed by atoms with Gasteiger partial charge < -0.3 is 16.2 Å². The number of hydrogen-bond donors (Lipinski definition) is 2. The van der Waals surface area contributed by atoms with Gasteiger partial charge in [-0.15, -0.1) is 0 Å². The van der Waals surface area contributed by atoms with Crippen molar-refractivity contribution in [1.82, 2.24) is 0 Å². The summed E-state index contributed by atoms with van der Waals surface area (Å²) in [5.74, 6) is 0.708. The van der Waals surface area contributed by atoms with Crippen molar-refractivity contribution in [3.05, 3.63) is 28.3 Å². The largest absolute Gasteiger partial charge is 0.496 e. The molecule has 0 bridgehead atoms. The first-order valence-corrected chi connectivity index (χ1v) is 4.29. The van der Waals surface area contributed by atoms with E-state index in [2.05, 4.69) is 0 Å². The van der Waals surface area contributed by atoms with Crippen LogP contribution in [0.25, 0.3) is 0 Å². The average molecular weight is 201 g/mol. The molecule has 0 aromatic heterocycles. The van der Waals surface area contributed by atoms with Crippen molar-refractivity contribution >= 4 is 11.6 Å². The van der Waals surface area contributed by atoms with E-state index >= 15 is 0 Å². The summed E-state index contributed by atoms with van der Waals surface area (Å²) in [5.41, 5.74) is 12.8. The molecule has 3 nitrogen and oxygen atoms in total. The highest BCUT2D eigenvalue weighted by Crippen LogP contribution is 2.29. The quantitative estimate of drug-likeness (QED) is 0.713. The Kier molecular flexibility index (Phi) is 3.14. The first kappa shape index (κ1) is 10.3. The molecule has 4 N–H and O–H groups in total. The normalized spacial score (nSPS) is 10.6. The molecule has 0 aliphatic carbocycles. The van der Waals surface area contributed by atoms with Gasteiger partial charge in [-0.3, -0.25) is 0 Å². The van der Waals surface area contributed by atoms with E-state index in [1.165, 1.54) is 0 Å². The molecule has 0 saturated carbocycles. The number of nitrogens with two attached hydrogens (primary N) is 2. The van der Waals surface area contributed by atoms with E-state index in [0.717, 1.165) is 11.1 Å². The van der Waals surface area contributed by atoms with Gasteiger partial charge in [-0.25, -0.2) is 0 Å². The lowest BCUT2D eigenvalue weighted by atomic mass is 10.1. The average Bonchev–Trinajstić information content (AvgIpc) is 2.02. The lowest BCUT2D eigenvalue weighted by Gasteiger charge is -2.14. The van der Waals surface area contributed by atoms with Gasteiger partial charge in [-0.05, 0) is 24.6 Å². The van der Waals surface area contributed by atoms with Crippen molar-refractivity contribution < 1.29 is 4.74 Å². The molecule has 72 valence electrons. The topological polar surface area (TPSA) is 61.3 Å². The Balaban J connectivity index is 3.29. The van der Waals surface area contributed by atoms with Crippen molar-refractivity contribution in [3.63, 3.8) is 0 Å². The molecular weight excluding hydrogens is 188 g/mol. The molecule has 0 amide bonds. The highest BCUT2D eigenvalue weighted by molar-refractivity contribution is 6.30. The zero-order chi connectivity index (χ0) is 10.0. The number of halogens is 1. The second-order valence-corrected chi connectivity index (χ2v) is 3.31. The van der Waals surface area contributed by atoms with Crippen LogP contribution in [-0.4, -0.2) is 7.11 Å². The number of ether oxygens (including phenoxy) is 1. The van der Waals surface area contributed by atoms with Crippen LogP contribution in [0.5, 0.6) is 5.75 Å². The monoisotopic (exact) mass is 200 g/mol. The highest BCUT2D eigenvalue weighted by Gasteiger charge is 2.11. The molecule has 13 heavy (non-hydrogen) atoms. The second kappa shape index (κ2) is 3.96. The van der Waals surface area contributed by atoms with Crippen LogP contribution in [0.3, 0.4) is 0 Å². The highest BCUT2D eigenvalue weighted by atomic mass is 35.5. The molecule has 0 atom stereocenters. The van der Waals surface area contributed by atoms with Crippen LogP contribution in [0.2, 0.25) is 5.02 Å². The Bertz CT molecular complexity index is 313. The van der Waals surface area contributed by atoms with E-state index in [1.54, 1.807) is 13.2 Å². The second-order valence-electron chi connectivity index (χ2n) is 2.87. The number of methoxy groups -OCH3 is 1. The summed E-state index contributed by atoms with van der Waals surface area (Å²) in [5, 5.41) is 0.620. The Morgan fingerprint density at radius 3 is 2.46 bits per heavy atom. The fourth-order valence-corrected chi connectivity index (χ4v) is 1.56. The van der Waals surface area contributed by atoms with Gasteiger partial charge in [0.15, 0.2) is 0 Å². The summed E-state index contributed by atoms with van der Waals surface area (Å²) in [6.07, 6.45) is -0.563. The van der Waals surface area contributed by atoms with Gasteiger partial charge in [-0.2, -0.15) is 0 Å². The Morgan fingerprint density at radius 1 is 1.38 bits per heavy atom. The first-order chi connectivity index (χ1) is 6.06. The minimum absolute atomic E-state index is 0.563. The van der Waals surface area contributed by atoms with Crippen molar-refractivity contribution in [1.29, 1.82) is 0 Å². The molecular formula is C9H13ClN2O. The fraction of sp³-hybridized carbons (Fsp3) is 0.333. The predicted octanol–water partition coefficient (Wildman–Crippen LogP) is 1.57. The number of aryl methyl sites for hydroxylation is 1. The molecule has 1 aromatic carbocycles. The van der Waals surface area contributed by atoms with Gasteiger partial charge in [0.25, 0.3) is 0 Å². The van der Waals surface area contributed by atoms with E-state index in [9.17, 15) is 0 Å². The van der Waals surface area contributed by atoms with Gasteiger partial charge >= 0.3 is 0 Å². The third-order valence-electron chi connectivity index (χ3n) is 1.83. The van der Waals surface area contributed by atoms with E-state index < -0.39 is 6.17 Å². The maximum Gasteiger partial charge on any atom is 0.127 e. The van der Waals surface area contributed by atoms with Gasteiger partial charge in [0.05, 0.1) is 13.3 Å². The van der Waals surface area contributed by atoms with Gasteiger partial charge in [-0.1, -0.05) is 11.6 Å². The molecule has 0 saturated heterocycles. The maximum atomic E-state index is 5.86. The van der Waals surface area contributed by atoms with Crippen molar-refractivity contribution in [2.75, 3.05) is 7.11 Å². The maximum absolute atomic E-state index is 5.86. The Labute approximate surface area is 82.6 Å². The summed E-state index contributed by atoms with van der Waals surface area (Å²) in [4.78, 5) is 0. The van der Waals surface area contributed by atoms with Gasteiger partial charge in [0, 0.05) is 10.6 Å². The van der Waals surface area contributed by atoms with Gasteiger partial charge in [0.1, 0.15) is 5.75 Å². The zero-order valence-electron chi connectivity index (χ0n) is 7.67. The molecule has 0 spiro atoms. The van der Waals surface area contributed by atoms with Crippen LogP contribution in [0.1, 0.15) is 17.3 Å². The fourth-order valence-electron chi connectivity index (χ4n) is 1.28. The van der Waals surface area contributed by atoms with E-state index in [4.69, 9.17) is 27.8 Å². The standard InChI is InChI=1S/C9H13ClN2O/c1-5-3-6(10)4-7(9(11)12)8(5)13-2/h3-4,9H,11-12H2,1-2H3. The van der Waals surface area contributed by atoms with Crippen molar-refractivity contribution in [2.24, 2.45) is 11.5 Å². The lowest BCUT2D eigenvalue weighted by molar-refractivity contribution is 0.403. The molecule has 0 heterocycles. The van der Waals surface area contributed by atoms with Gasteiger partial charge in [0.2, 0.25) is 0 Å². The molecule has 0 aliphatic rings. The SMILES string of the molecule is COc1c(C)cc(Cl)cc1C(N)N. The number of hydrogen-bond acceptors (Lipinski definition) is 3. The summed E-state index contributed by atoms with van der Waals surface area (Å²) >= 11 is 5.86. The molecule has 0 fully saturated rings. The van der Waals surface area contributed by atoms with Crippen molar-refractivity contribution in [2.45, 2.75) is 13.1 Å². The zero-order valence-corrected chi connectivity index (χ0v) is 8.43. The van der Waals surface area contributed by atoms with Crippen molar-refractivity contribution in [3.8, 4) is 5.75 Å².